The first kappa shape index (κ1) is 6.67. The summed E-state index contributed by atoms with van der Waals surface area (Å²) < 4.78 is 0. The molecule has 0 unspecified atom stereocenters. The van der Waals surface area contributed by atoms with Gasteiger partial charge < -0.3 is 5.11 Å². The molecule has 0 saturated heterocycles. The molecule has 52 valence electrons. The van der Waals surface area contributed by atoms with Crippen molar-refractivity contribution in [3.8, 4) is 0 Å². The van der Waals surface area contributed by atoms with Crippen LogP contribution in [0.4, 0.5) is 0 Å². The maximum absolute atomic E-state index is 10.4. The second kappa shape index (κ2) is 2.43. The van der Waals surface area contributed by atoms with Crippen LogP contribution in [0.2, 0.25) is 0 Å². The number of aliphatic imine (C=N–C) groups is 1. The molecule has 0 atom stereocenters. The fourth-order valence-electron chi connectivity index (χ4n) is 0.587. The number of hydrogen-bond acceptors (Lipinski definition) is 3. The summed E-state index contributed by atoms with van der Waals surface area (Å²) in [7, 11) is 0. The van der Waals surface area contributed by atoms with Gasteiger partial charge in [0.05, 0.1) is 6.21 Å². The molecule has 0 saturated carbocycles. The van der Waals surface area contributed by atoms with Gasteiger partial charge in [0, 0.05) is 6.42 Å². The standard InChI is InChI=1S/C6H5NO3/c8-4-1-2-5(6(9)10)7-3-4/h2-3H,1H2,(H,9,10). The van der Waals surface area contributed by atoms with Crippen LogP contribution in [-0.2, 0) is 9.59 Å². The minimum Gasteiger partial charge on any atom is -0.477 e. The Balaban J connectivity index is 2.77. The number of Topliss-reactive ketones (excluding diaryl/α,β-unsaturated/α-hetero) is 1. The number of carboxylic acid groups (broad SMARTS) is 1. The molecule has 4 nitrogen and oxygen atoms in total. The van der Waals surface area contributed by atoms with Gasteiger partial charge in [-0.15, -0.1) is 0 Å². The van der Waals surface area contributed by atoms with E-state index in [0.717, 1.165) is 6.21 Å². The van der Waals surface area contributed by atoms with Crippen molar-refractivity contribution in [1.29, 1.82) is 0 Å². The van der Waals surface area contributed by atoms with Crippen molar-refractivity contribution in [2.24, 2.45) is 4.99 Å². The molecule has 1 aliphatic heterocycles. The Kier molecular flexibility index (Phi) is 1.62. The lowest BCUT2D eigenvalue weighted by atomic mass is 10.2. The molecule has 1 rings (SSSR count). The lowest BCUT2D eigenvalue weighted by molar-refractivity contribution is -0.132. The number of ketones is 1. The van der Waals surface area contributed by atoms with E-state index in [0.29, 0.717) is 0 Å². The molecular formula is C6H5NO3. The zero-order valence-electron chi connectivity index (χ0n) is 5.07. The van der Waals surface area contributed by atoms with Crippen molar-refractivity contribution in [1.82, 2.24) is 0 Å². The van der Waals surface area contributed by atoms with E-state index in [4.69, 9.17) is 5.11 Å². The number of carbonyl (C=O) groups is 2. The van der Waals surface area contributed by atoms with Crippen LogP contribution in [-0.4, -0.2) is 23.1 Å². The van der Waals surface area contributed by atoms with Gasteiger partial charge >= 0.3 is 5.97 Å². The number of nitrogens with zero attached hydrogens (tertiary/aromatic N) is 1. The molecule has 0 bridgehead atoms. The highest BCUT2D eigenvalue weighted by Crippen LogP contribution is 2.03. The fourth-order valence-corrected chi connectivity index (χ4v) is 0.587. The molecule has 0 aromatic carbocycles. The van der Waals surface area contributed by atoms with E-state index >= 15 is 0 Å². The quantitative estimate of drug-likeness (QED) is 0.556. The Morgan fingerprint density at radius 3 is 2.80 bits per heavy atom. The molecule has 0 aromatic heterocycles. The average Bonchev–Trinajstić information content (AvgIpc) is 1.88. The van der Waals surface area contributed by atoms with Gasteiger partial charge in [-0.05, 0) is 6.08 Å². The van der Waals surface area contributed by atoms with Gasteiger partial charge in [-0.3, -0.25) is 4.79 Å². The van der Waals surface area contributed by atoms with E-state index in [-0.39, 0.29) is 17.9 Å². The van der Waals surface area contributed by atoms with Crippen LogP contribution in [0, 0.1) is 0 Å². The summed E-state index contributed by atoms with van der Waals surface area (Å²) in [4.78, 5) is 24.0. The lowest BCUT2D eigenvalue weighted by Crippen LogP contribution is -2.07. The van der Waals surface area contributed by atoms with Crippen LogP contribution >= 0.6 is 0 Å². The second-order valence-electron chi connectivity index (χ2n) is 1.82. The second-order valence-corrected chi connectivity index (χ2v) is 1.82. The summed E-state index contributed by atoms with van der Waals surface area (Å²) >= 11 is 0. The number of allylic oxidation sites excluding steroid dienone is 1. The number of carboxylic acids is 1. The fraction of sp³-hybridized carbons (Fsp3) is 0.167. The predicted molar refractivity (Wildman–Crippen MR) is 33.8 cm³/mol. The van der Waals surface area contributed by atoms with Crippen LogP contribution in [0.15, 0.2) is 16.8 Å². The highest BCUT2D eigenvalue weighted by atomic mass is 16.4. The van der Waals surface area contributed by atoms with Crippen LogP contribution in [0.25, 0.3) is 0 Å². The third kappa shape index (κ3) is 1.28. The Morgan fingerprint density at radius 2 is 2.40 bits per heavy atom. The van der Waals surface area contributed by atoms with Crippen molar-refractivity contribution in [3.63, 3.8) is 0 Å². The maximum atomic E-state index is 10.4. The molecule has 0 radical (unpaired) electrons. The van der Waals surface area contributed by atoms with Gasteiger partial charge in [0.25, 0.3) is 0 Å². The van der Waals surface area contributed by atoms with Crippen LogP contribution in [0.1, 0.15) is 6.42 Å². The Hall–Kier alpha value is -1.45. The minimum atomic E-state index is -1.09. The van der Waals surface area contributed by atoms with Crippen LogP contribution in [0.5, 0.6) is 0 Å². The molecule has 1 N–H and O–H groups in total. The molecule has 0 fully saturated rings. The molecule has 0 aliphatic carbocycles. The molecule has 4 heteroatoms. The summed E-state index contributed by atoms with van der Waals surface area (Å²) in [5, 5.41) is 8.33. The van der Waals surface area contributed by atoms with Crippen molar-refractivity contribution < 1.29 is 14.7 Å². The first-order valence-electron chi connectivity index (χ1n) is 2.70. The number of hydrogen-bond donors (Lipinski definition) is 1. The van der Waals surface area contributed by atoms with E-state index in [1.54, 1.807) is 0 Å². The zero-order chi connectivity index (χ0) is 7.56. The van der Waals surface area contributed by atoms with E-state index in [1.165, 1.54) is 6.08 Å². The Bertz CT molecular complexity index is 239. The van der Waals surface area contributed by atoms with E-state index < -0.39 is 5.97 Å². The molecule has 1 heterocycles. The summed E-state index contributed by atoms with van der Waals surface area (Å²) in [6.07, 6.45) is 2.47. The molecule has 0 amide bonds. The predicted octanol–water partition coefficient (Wildman–Crippen LogP) is -0.00150. The van der Waals surface area contributed by atoms with Crippen molar-refractivity contribution in [3.05, 3.63) is 11.8 Å². The van der Waals surface area contributed by atoms with Gasteiger partial charge in [0.15, 0.2) is 5.78 Å². The average molecular weight is 139 g/mol. The topological polar surface area (TPSA) is 66.7 Å². The third-order valence-corrected chi connectivity index (χ3v) is 1.06. The SMILES string of the molecule is O=C1C=NC(C(=O)O)=CC1. The summed E-state index contributed by atoms with van der Waals surface area (Å²) in [6, 6.07) is 0. The van der Waals surface area contributed by atoms with E-state index in [9.17, 15) is 9.59 Å². The molecule has 10 heavy (non-hydrogen) atoms. The molecule has 0 spiro atoms. The van der Waals surface area contributed by atoms with Crippen molar-refractivity contribution in [2.75, 3.05) is 0 Å². The number of rotatable bonds is 1. The Labute approximate surface area is 56.9 Å². The van der Waals surface area contributed by atoms with E-state index in [1.807, 2.05) is 0 Å². The number of carbonyl (C=O) groups excluding carboxylic acids is 1. The smallest absolute Gasteiger partial charge is 0.354 e. The molecular weight excluding hydrogens is 134 g/mol. The van der Waals surface area contributed by atoms with Gasteiger partial charge in [-0.2, -0.15) is 0 Å². The van der Waals surface area contributed by atoms with Gasteiger partial charge in [0.1, 0.15) is 5.70 Å². The molecule has 1 aliphatic rings. The first-order chi connectivity index (χ1) is 4.70. The van der Waals surface area contributed by atoms with Crippen LogP contribution < -0.4 is 0 Å². The zero-order valence-corrected chi connectivity index (χ0v) is 5.07. The summed E-state index contributed by atoms with van der Waals surface area (Å²) in [5.41, 5.74) is -0.0559. The normalized spacial score (nSPS) is 16.8. The van der Waals surface area contributed by atoms with E-state index in [2.05, 4.69) is 4.99 Å². The van der Waals surface area contributed by atoms with Gasteiger partial charge in [-0.25, -0.2) is 9.79 Å². The lowest BCUT2D eigenvalue weighted by Gasteiger charge is -1.97. The van der Waals surface area contributed by atoms with Gasteiger partial charge in [-0.1, -0.05) is 0 Å². The minimum absolute atomic E-state index is 0.0559. The maximum Gasteiger partial charge on any atom is 0.354 e. The van der Waals surface area contributed by atoms with Gasteiger partial charge in [0.2, 0.25) is 0 Å². The number of aliphatic carboxylic acids is 1. The third-order valence-electron chi connectivity index (χ3n) is 1.06. The van der Waals surface area contributed by atoms with Crippen molar-refractivity contribution in [2.45, 2.75) is 6.42 Å². The first-order valence-corrected chi connectivity index (χ1v) is 2.70. The summed E-state index contributed by atoms with van der Waals surface area (Å²) in [5.74, 6) is -1.26. The molecule has 0 aromatic rings. The highest BCUT2D eigenvalue weighted by Gasteiger charge is 2.09. The monoisotopic (exact) mass is 139 g/mol. The van der Waals surface area contributed by atoms with Crippen molar-refractivity contribution >= 4 is 18.0 Å². The summed E-state index contributed by atoms with van der Waals surface area (Å²) in [6.45, 7) is 0. The largest absolute Gasteiger partial charge is 0.477 e. The Morgan fingerprint density at radius 1 is 1.70 bits per heavy atom. The van der Waals surface area contributed by atoms with Crippen LogP contribution in [0.3, 0.4) is 0 Å². The highest BCUT2D eigenvalue weighted by molar-refractivity contribution is 6.29.